The molecular weight excluding hydrogens is 407 g/mol. The van der Waals surface area contributed by atoms with E-state index in [9.17, 15) is 0 Å². The fraction of sp³-hybridized carbons (Fsp3) is 0.400. The van der Waals surface area contributed by atoms with Crippen LogP contribution in [0.3, 0.4) is 0 Å². The van der Waals surface area contributed by atoms with Crippen molar-refractivity contribution < 1.29 is 9.47 Å². The van der Waals surface area contributed by atoms with Crippen LogP contribution in [0.1, 0.15) is 24.5 Å². The summed E-state index contributed by atoms with van der Waals surface area (Å²) in [6.07, 6.45) is 1.12. The summed E-state index contributed by atoms with van der Waals surface area (Å²) in [6, 6.07) is 13.7. The predicted octanol–water partition coefficient (Wildman–Crippen LogP) is 4.86. The average Bonchev–Trinajstić information content (AvgIpc) is 2.63. The predicted molar refractivity (Wildman–Crippen MR) is 118 cm³/mol. The van der Waals surface area contributed by atoms with Gasteiger partial charge in [-0.1, -0.05) is 36.7 Å². The number of rotatable bonds is 11. The second-order valence-corrected chi connectivity index (χ2v) is 6.22. The Labute approximate surface area is 179 Å². The van der Waals surface area contributed by atoms with Crippen LogP contribution in [-0.4, -0.2) is 26.7 Å². The van der Waals surface area contributed by atoms with E-state index in [1.165, 1.54) is 5.56 Å². The van der Waals surface area contributed by atoms with Gasteiger partial charge in [0, 0.05) is 11.6 Å². The lowest BCUT2D eigenvalue weighted by molar-refractivity contribution is 0.284. The van der Waals surface area contributed by atoms with Gasteiger partial charge in [-0.3, -0.25) is 0 Å². The van der Waals surface area contributed by atoms with Gasteiger partial charge < -0.3 is 20.1 Å². The molecule has 0 saturated heterocycles. The van der Waals surface area contributed by atoms with E-state index in [-0.39, 0.29) is 24.8 Å². The first-order valence-corrected chi connectivity index (χ1v) is 9.06. The van der Waals surface area contributed by atoms with Crippen molar-refractivity contribution in [1.82, 2.24) is 10.6 Å². The van der Waals surface area contributed by atoms with Gasteiger partial charge in [-0.15, -0.1) is 24.8 Å². The van der Waals surface area contributed by atoms with Crippen molar-refractivity contribution in [3.63, 3.8) is 0 Å². The monoisotopic (exact) mass is 434 g/mol. The molecule has 0 aliphatic carbocycles. The molecule has 7 heteroatoms. The SMILES string of the molecule is CCNCCCNCc1ccc(OCc2cccc(Cl)c2)c(OC)c1.Cl.Cl. The highest BCUT2D eigenvalue weighted by atomic mass is 35.5. The zero-order chi connectivity index (χ0) is 17.9. The molecule has 0 saturated carbocycles. The molecule has 0 amide bonds. The van der Waals surface area contributed by atoms with E-state index in [2.05, 4.69) is 23.6 Å². The summed E-state index contributed by atoms with van der Waals surface area (Å²) in [5.74, 6) is 1.48. The molecule has 2 aromatic carbocycles. The summed E-state index contributed by atoms with van der Waals surface area (Å²) < 4.78 is 11.4. The van der Waals surface area contributed by atoms with E-state index in [0.717, 1.165) is 49.7 Å². The van der Waals surface area contributed by atoms with Crippen molar-refractivity contribution in [3.05, 3.63) is 58.6 Å². The number of benzene rings is 2. The normalized spacial score (nSPS) is 9.89. The van der Waals surface area contributed by atoms with Crippen molar-refractivity contribution in [2.45, 2.75) is 26.5 Å². The Balaban J connectivity index is 0.00000338. The van der Waals surface area contributed by atoms with E-state index in [1.54, 1.807) is 7.11 Å². The molecular formula is C20H29Cl3N2O2. The molecule has 4 nitrogen and oxygen atoms in total. The van der Waals surface area contributed by atoms with Crippen LogP contribution in [0, 0.1) is 0 Å². The van der Waals surface area contributed by atoms with Crippen LogP contribution in [0.4, 0.5) is 0 Å². The zero-order valence-electron chi connectivity index (χ0n) is 15.8. The second kappa shape index (κ2) is 14.8. The summed E-state index contributed by atoms with van der Waals surface area (Å²) in [7, 11) is 1.66. The average molecular weight is 436 g/mol. The minimum atomic E-state index is 0. The molecule has 0 aromatic heterocycles. The highest BCUT2D eigenvalue weighted by Crippen LogP contribution is 2.29. The topological polar surface area (TPSA) is 42.5 Å². The lowest BCUT2D eigenvalue weighted by Gasteiger charge is -2.13. The summed E-state index contributed by atoms with van der Waals surface area (Å²) in [4.78, 5) is 0. The quantitative estimate of drug-likeness (QED) is 0.495. The van der Waals surface area contributed by atoms with Crippen molar-refractivity contribution in [2.75, 3.05) is 26.7 Å². The van der Waals surface area contributed by atoms with Crippen LogP contribution in [0.25, 0.3) is 0 Å². The minimum absolute atomic E-state index is 0. The number of ether oxygens (including phenoxy) is 2. The van der Waals surface area contributed by atoms with Gasteiger partial charge in [-0.2, -0.15) is 0 Å². The van der Waals surface area contributed by atoms with Gasteiger partial charge >= 0.3 is 0 Å². The Morgan fingerprint density at radius 1 is 0.926 bits per heavy atom. The molecule has 0 fully saturated rings. The maximum Gasteiger partial charge on any atom is 0.161 e. The molecule has 2 N–H and O–H groups in total. The molecule has 2 aromatic rings. The Hall–Kier alpha value is -1.17. The lowest BCUT2D eigenvalue weighted by Crippen LogP contribution is -2.21. The third kappa shape index (κ3) is 9.54. The van der Waals surface area contributed by atoms with Crippen LogP contribution >= 0.6 is 36.4 Å². The van der Waals surface area contributed by atoms with E-state index in [0.29, 0.717) is 11.6 Å². The minimum Gasteiger partial charge on any atom is -0.493 e. The van der Waals surface area contributed by atoms with Crippen LogP contribution in [-0.2, 0) is 13.2 Å². The maximum absolute atomic E-state index is 6.00. The molecule has 0 spiro atoms. The second-order valence-electron chi connectivity index (χ2n) is 5.79. The molecule has 152 valence electrons. The van der Waals surface area contributed by atoms with E-state index in [4.69, 9.17) is 21.1 Å². The van der Waals surface area contributed by atoms with Crippen molar-refractivity contribution in [2.24, 2.45) is 0 Å². The molecule has 0 atom stereocenters. The first-order valence-electron chi connectivity index (χ1n) is 8.68. The fourth-order valence-electron chi connectivity index (χ4n) is 2.48. The molecule has 0 bridgehead atoms. The van der Waals surface area contributed by atoms with Gasteiger partial charge in [0.1, 0.15) is 6.61 Å². The van der Waals surface area contributed by atoms with Crippen LogP contribution < -0.4 is 20.1 Å². The molecule has 0 heterocycles. The van der Waals surface area contributed by atoms with Gasteiger partial charge in [-0.05, 0) is 61.4 Å². The number of hydrogen-bond acceptors (Lipinski definition) is 4. The smallest absolute Gasteiger partial charge is 0.161 e. The van der Waals surface area contributed by atoms with Crippen LogP contribution in [0.15, 0.2) is 42.5 Å². The number of halogens is 3. The molecule has 0 unspecified atom stereocenters. The first-order chi connectivity index (χ1) is 12.2. The summed E-state index contributed by atoms with van der Waals surface area (Å²) in [6.45, 7) is 6.45. The maximum atomic E-state index is 6.00. The van der Waals surface area contributed by atoms with Crippen molar-refractivity contribution in [1.29, 1.82) is 0 Å². The standard InChI is InChI=1S/C20H27ClN2O2.2ClH/c1-3-22-10-5-11-23-14-16-8-9-19(20(13-16)24-2)25-15-17-6-4-7-18(21)12-17;;/h4,6-9,12-13,22-23H,3,5,10-11,14-15H2,1-2H3;2*1H. The van der Waals surface area contributed by atoms with Gasteiger partial charge in [0.2, 0.25) is 0 Å². The van der Waals surface area contributed by atoms with Gasteiger partial charge in [0.05, 0.1) is 7.11 Å². The van der Waals surface area contributed by atoms with Gasteiger partial charge in [-0.25, -0.2) is 0 Å². The van der Waals surface area contributed by atoms with Crippen LogP contribution in [0.5, 0.6) is 11.5 Å². The Bertz CT molecular complexity index is 657. The van der Waals surface area contributed by atoms with Crippen molar-refractivity contribution >= 4 is 36.4 Å². The highest BCUT2D eigenvalue weighted by molar-refractivity contribution is 6.30. The number of hydrogen-bond donors (Lipinski definition) is 2. The van der Waals surface area contributed by atoms with Gasteiger partial charge in [0.15, 0.2) is 11.5 Å². The van der Waals surface area contributed by atoms with E-state index >= 15 is 0 Å². The molecule has 0 aliphatic heterocycles. The van der Waals surface area contributed by atoms with Gasteiger partial charge in [0.25, 0.3) is 0 Å². The molecule has 0 aliphatic rings. The lowest BCUT2D eigenvalue weighted by atomic mass is 10.2. The third-order valence-corrected chi connectivity index (χ3v) is 4.03. The van der Waals surface area contributed by atoms with E-state index in [1.807, 2.05) is 36.4 Å². The molecule has 2 rings (SSSR count). The number of nitrogens with one attached hydrogen (secondary N) is 2. The third-order valence-electron chi connectivity index (χ3n) is 3.80. The van der Waals surface area contributed by atoms with Crippen LogP contribution in [0.2, 0.25) is 5.02 Å². The Kier molecular flexibility index (Phi) is 14.2. The van der Waals surface area contributed by atoms with Crippen molar-refractivity contribution in [3.8, 4) is 11.5 Å². The van der Waals surface area contributed by atoms with E-state index < -0.39 is 0 Å². The number of methoxy groups -OCH3 is 1. The highest BCUT2D eigenvalue weighted by Gasteiger charge is 2.06. The zero-order valence-corrected chi connectivity index (χ0v) is 18.2. The molecule has 27 heavy (non-hydrogen) atoms. The largest absolute Gasteiger partial charge is 0.493 e. The molecule has 0 radical (unpaired) electrons. The Morgan fingerprint density at radius 2 is 1.70 bits per heavy atom. The Morgan fingerprint density at radius 3 is 2.41 bits per heavy atom. The summed E-state index contributed by atoms with van der Waals surface area (Å²) >= 11 is 6.00. The summed E-state index contributed by atoms with van der Waals surface area (Å²) in [5.41, 5.74) is 2.20. The fourth-order valence-corrected chi connectivity index (χ4v) is 2.69. The first kappa shape index (κ1) is 25.8. The summed E-state index contributed by atoms with van der Waals surface area (Å²) in [5, 5.41) is 7.47.